The highest BCUT2D eigenvalue weighted by atomic mass is 19.3. The van der Waals surface area contributed by atoms with Crippen molar-refractivity contribution in [1.82, 2.24) is 19.1 Å². The number of rotatable bonds is 7. The number of imidazole rings is 1. The minimum Gasteiger partial charge on any atom is -0.494 e. The van der Waals surface area contributed by atoms with Gasteiger partial charge in [-0.25, -0.2) is 18.2 Å². The Morgan fingerprint density at radius 3 is 2.53 bits per heavy atom. The predicted molar refractivity (Wildman–Crippen MR) is 122 cm³/mol. The summed E-state index contributed by atoms with van der Waals surface area (Å²) in [5, 5.41) is 2.92. The summed E-state index contributed by atoms with van der Waals surface area (Å²) in [7, 11) is 1.51. The van der Waals surface area contributed by atoms with E-state index in [1.165, 1.54) is 19.4 Å². The number of hydrogen-bond acceptors (Lipinski definition) is 5. The van der Waals surface area contributed by atoms with E-state index in [-0.39, 0.29) is 11.3 Å². The third kappa shape index (κ3) is 4.66. The van der Waals surface area contributed by atoms with Crippen LogP contribution in [0.1, 0.15) is 36.2 Å². The fourth-order valence-corrected chi connectivity index (χ4v) is 3.62. The van der Waals surface area contributed by atoms with Crippen molar-refractivity contribution in [2.45, 2.75) is 26.3 Å². The Bertz CT molecular complexity index is 1380. The Balaban J connectivity index is 1.74. The zero-order valence-electron chi connectivity index (χ0n) is 18.7. The summed E-state index contributed by atoms with van der Waals surface area (Å²) in [5.74, 6) is -0.0898. The molecule has 10 heteroatoms. The standard InChI is InChI=1S/C24H22F3N5O2/c1-14-11-31(13-29-14)21-5-4-19(8-22(21)34-3)30-20-7-17(23(26)27)12-32(24(20)33)15(2)16-6-18(25)10-28-9-16/h4-13,15,23,30H,1-3H3/t15-/m0/s1. The van der Waals surface area contributed by atoms with Crippen LogP contribution in [-0.4, -0.2) is 26.2 Å². The Labute approximate surface area is 193 Å². The Morgan fingerprint density at radius 1 is 1.09 bits per heavy atom. The molecular formula is C24H22F3N5O2. The molecule has 1 N–H and O–H groups in total. The molecule has 0 radical (unpaired) electrons. The van der Waals surface area contributed by atoms with Crippen LogP contribution in [0, 0.1) is 12.7 Å². The van der Waals surface area contributed by atoms with Crippen LogP contribution >= 0.6 is 0 Å². The van der Waals surface area contributed by atoms with Gasteiger partial charge >= 0.3 is 0 Å². The number of pyridine rings is 2. The number of nitrogens with zero attached hydrogens (tertiary/aromatic N) is 4. The van der Waals surface area contributed by atoms with Crippen LogP contribution in [0.4, 0.5) is 24.5 Å². The van der Waals surface area contributed by atoms with Crippen molar-refractivity contribution in [2.24, 2.45) is 0 Å². The van der Waals surface area contributed by atoms with Crippen LogP contribution in [0.25, 0.3) is 5.69 Å². The Kier molecular flexibility index (Phi) is 6.40. The molecule has 0 saturated carbocycles. The second-order valence-electron chi connectivity index (χ2n) is 7.75. The highest BCUT2D eigenvalue weighted by molar-refractivity contribution is 5.65. The number of hydrogen-bond donors (Lipinski definition) is 1. The predicted octanol–water partition coefficient (Wildman–Crippen LogP) is 5.18. The van der Waals surface area contributed by atoms with Crippen LogP contribution in [0.15, 0.2) is 66.2 Å². The molecule has 4 rings (SSSR count). The van der Waals surface area contributed by atoms with Gasteiger partial charge in [0.1, 0.15) is 17.3 Å². The van der Waals surface area contributed by atoms with E-state index in [9.17, 15) is 18.0 Å². The lowest BCUT2D eigenvalue weighted by Gasteiger charge is -2.19. The fraction of sp³-hybridized carbons (Fsp3) is 0.208. The molecule has 3 heterocycles. The number of aryl methyl sites for hydroxylation is 1. The first kappa shape index (κ1) is 23.1. The van der Waals surface area contributed by atoms with Gasteiger partial charge in [-0.3, -0.25) is 9.78 Å². The fourth-order valence-electron chi connectivity index (χ4n) is 3.62. The molecule has 4 aromatic rings. The maximum Gasteiger partial charge on any atom is 0.274 e. The van der Waals surface area contributed by atoms with Crippen molar-refractivity contribution in [1.29, 1.82) is 0 Å². The summed E-state index contributed by atoms with van der Waals surface area (Å²) < 4.78 is 49.3. The molecule has 34 heavy (non-hydrogen) atoms. The molecule has 0 amide bonds. The van der Waals surface area contributed by atoms with E-state index in [1.54, 1.807) is 36.0 Å². The maximum atomic E-state index is 13.6. The van der Waals surface area contributed by atoms with Crippen molar-refractivity contribution >= 4 is 11.4 Å². The van der Waals surface area contributed by atoms with Gasteiger partial charge in [-0.05, 0) is 43.7 Å². The smallest absolute Gasteiger partial charge is 0.274 e. The molecule has 7 nitrogen and oxygen atoms in total. The van der Waals surface area contributed by atoms with E-state index in [1.807, 2.05) is 13.1 Å². The topological polar surface area (TPSA) is 74.0 Å². The largest absolute Gasteiger partial charge is 0.494 e. The molecule has 0 bridgehead atoms. The Hall–Kier alpha value is -4.08. The third-order valence-electron chi connectivity index (χ3n) is 5.39. The van der Waals surface area contributed by atoms with Crippen molar-refractivity contribution < 1.29 is 17.9 Å². The Morgan fingerprint density at radius 2 is 1.88 bits per heavy atom. The van der Waals surface area contributed by atoms with Crippen molar-refractivity contribution in [2.75, 3.05) is 12.4 Å². The van der Waals surface area contributed by atoms with E-state index in [4.69, 9.17) is 4.74 Å². The molecule has 176 valence electrons. The minimum absolute atomic E-state index is 0.0534. The number of alkyl halides is 2. The highest BCUT2D eigenvalue weighted by Crippen LogP contribution is 2.29. The zero-order valence-corrected chi connectivity index (χ0v) is 18.7. The average molecular weight is 469 g/mol. The minimum atomic E-state index is -2.81. The molecule has 0 unspecified atom stereocenters. The summed E-state index contributed by atoms with van der Waals surface area (Å²) in [6.07, 6.45) is 4.17. The van der Waals surface area contributed by atoms with Gasteiger partial charge in [0.2, 0.25) is 0 Å². The van der Waals surface area contributed by atoms with E-state index < -0.39 is 23.8 Å². The van der Waals surface area contributed by atoms with Gasteiger partial charge in [0, 0.05) is 35.9 Å². The SMILES string of the molecule is COc1cc(Nc2cc(C(F)F)cn([C@@H](C)c3cncc(F)c3)c2=O)ccc1-n1cnc(C)c1. The summed E-state index contributed by atoms with van der Waals surface area (Å²) in [4.78, 5) is 21.2. The van der Waals surface area contributed by atoms with Gasteiger partial charge in [-0.2, -0.15) is 0 Å². The van der Waals surface area contributed by atoms with Crippen LogP contribution in [0.3, 0.4) is 0 Å². The van der Waals surface area contributed by atoms with Gasteiger partial charge in [-0.15, -0.1) is 0 Å². The maximum absolute atomic E-state index is 13.6. The normalized spacial score (nSPS) is 12.1. The quantitative estimate of drug-likeness (QED) is 0.404. The number of anilines is 2. The molecule has 0 fully saturated rings. The van der Waals surface area contributed by atoms with Crippen LogP contribution in [-0.2, 0) is 0 Å². The number of methoxy groups -OCH3 is 1. The summed E-state index contributed by atoms with van der Waals surface area (Å²) in [5.41, 5.74) is 1.44. The summed E-state index contributed by atoms with van der Waals surface area (Å²) >= 11 is 0. The van der Waals surface area contributed by atoms with Crippen LogP contribution < -0.4 is 15.6 Å². The van der Waals surface area contributed by atoms with E-state index in [0.717, 1.165) is 34.4 Å². The van der Waals surface area contributed by atoms with E-state index in [0.29, 0.717) is 17.0 Å². The number of halogens is 3. The lowest BCUT2D eigenvalue weighted by atomic mass is 10.1. The molecule has 3 aromatic heterocycles. The first-order chi connectivity index (χ1) is 16.3. The van der Waals surface area contributed by atoms with Gasteiger partial charge in [0.15, 0.2) is 0 Å². The third-order valence-corrected chi connectivity index (χ3v) is 5.39. The average Bonchev–Trinajstić information content (AvgIpc) is 3.25. The number of ether oxygens (including phenoxy) is 1. The summed E-state index contributed by atoms with van der Waals surface area (Å²) in [6, 6.07) is 6.72. The molecule has 0 saturated heterocycles. The first-order valence-electron chi connectivity index (χ1n) is 10.4. The lowest BCUT2D eigenvalue weighted by Crippen LogP contribution is -2.26. The van der Waals surface area contributed by atoms with Gasteiger partial charge in [-0.1, -0.05) is 0 Å². The van der Waals surface area contributed by atoms with E-state index in [2.05, 4.69) is 15.3 Å². The summed E-state index contributed by atoms with van der Waals surface area (Å²) in [6.45, 7) is 3.47. The highest BCUT2D eigenvalue weighted by Gasteiger charge is 2.19. The molecule has 0 aliphatic heterocycles. The monoisotopic (exact) mass is 469 g/mol. The first-order valence-corrected chi connectivity index (χ1v) is 10.4. The van der Waals surface area contributed by atoms with Crippen molar-refractivity contribution in [3.8, 4) is 11.4 Å². The number of nitrogens with one attached hydrogen (secondary N) is 1. The molecule has 1 atom stereocenters. The number of aromatic nitrogens is 4. The van der Waals surface area contributed by atoms with Gasteiger partial charge in [0.25, 0.3) is 12.0 Å². The van der Waals surface area contributed by atoms with E-state index >= 15 is 0 Å². The van der Waals surface area contributed by atoms with Crippen LogP contribution in [0.5, 0.6) is 5.75 Å². The van der Waals surface area contributed by atoms with Crippen molar-refractivity contribution in [3.63, 3.8) is 0 Å². The van der Waals surface area contributed by atoms with Gasteiger partial charge < -0.3 is 19.2 Å². The molecule has 0 aliphatic carbocycles. The molecule has 0 spiro atoms. The van der Waals surface area contributed by atoms with Crippen molar-refractivity contribution in [3.05, 3.63) is 94.4 Å². The molecule has 0 aliphatic rings. The van der Waals surface area contributed by atoms with Gasteiger partial charge in [0.05, 0.1) is 37.1 Å². The molecular weight excluding hydrogens is 447 g/mol. The molecule has 1 aromatic carbocycles. The second kappa shape index (κ2) is 9.42. The second-order valence-corrected chi connectivity index (χ2v) is 7.75. The number of benzene rings is 1. The lowest BCUT2D eigenvalue weighted by molar-refractivity contribution is 0.150. The van der Waals surface area contributed by atoms with Crippen LogP contribution in [0.2, 0.25) is 0 Å². The zero-order chi connectivity index (χ0) is 24.4.